The number of rotatable bonds is 2. The van der Waals surface area contributed by atoms with E-state index in [1.807, 2.05) is 29.5 Å². The zero-order valence-corrected chi connectivity index (χ0v) is 12.7. The smallest absolute Gasteiger partial charge is 0.100 e. The van der Waals surface area contributed by atoms with Crippen LogP contribution in [0.5, 0.6) is 0 Å². The molecule has 0 spiro atoms. The van der Waals surface area contributed by atoms with Gasteiger partial charge >= 0.3 is 0 Å². The average molecular weight is 333 g/mol. The molecule has 0 bridgehead atoms. The first-order valence-electron chi connectivity index (χ1n) is 6.30. The van der Waals surface area contributed by atoms with Crippen LogP contribution in [0.1, 0.15) is 34.9 Å². The number of halogens is 1. The molecule has 1 atom stereocenters. The number of aryl methyl sites for hydroxylation is 1. The normalized spacial score (nSPS) is 17.6. The average Bonchev–Trinajstić information content (AvgIpc) is 2.88. The number of nitrogens with zero attached hydrogens (tertiary/aromatic N) is 1. The van der Waals surface area contributed by atoms with Gasteiger partial charge in [-0.05, 0) is 70.4 Å². The topological polar surface area (TPSA) is 35.8 Å². The molecule has 19 heavy (non-hydrogen) atoms. The fraction of sp³-hybridized carbons (Fsp3) is 0.267. The standard InChI is InChI=1S/C15H13BrN2S/c16-13-8-11(5-4-10(13)9-17)18-14-2-1-3-15-12(14)6-7-19-15/h4-8,14,18H,1-3H2. The molecule has 1 aliphatic rings. The molecule has 0 radical (unpaired) electrons. The summed E-state index contributed by atoms with van der Waals surface area (Å²) in [6.45, 7) is 0. The Bertz CT molecular complexity index is 642. The molecule has 0 saturated heterocycles. The van der Waals surface area contributed by atoms with E-state index in [0.29, 0.717) is 11.6 Å². The van der Waals surface area contributed by atoms with E-state index in [-0.39, 0.29) is 0 Å². The molecule has 2 aromatic rings. The van der Waals surface area contributed by atoms with Crippen molar-refractivity contribution in [3.63, 3.8) is 0 Å². The maximum atomic E-state index is 8.93. The fourth-order valence-corrected chi connectivity index (χ4v) is 3.99. The number of fused-ring (bicyclic) bond motifs is 1. The molecule has 1 heterocycles. The summed E-state index contributed by atoms with van der Waals surface area (Å²) in [5.74, 6) is 0. The van der Waals surface area contributed by atoms with Gasteiger partial charge in [0.15, 0.2) is 0 Å². The second kappa shape index (κ2) is 5.36. The lowest BCUT2D eigenvalue weighted by molar-refractivity contribution is 0.609. The van der Waals surface area contributed by atoms with Crippen LogP contribution in [0.25, 0.3) is 0 Å². The molecule has 1 aromatic carbocycles. The van der Waals surface area contributed by atoms with Gasteiger partial charge in [-0.25, -0.2) is 0 Å². The number of hydrogen-bond acceptors (Lipinski definition) is 3. The maximum absolute atomic E-state index is 8.93. The van der Waals surface area contributed by atoms with Crippen LogP contribution in [0.2, 0.25) is 0 Å². The van der Waals surface area contributed by atoms with Crippen molar-refractivity contribution in [2.75, 3.05) is 5.32 Å². The molecule has 1 unspecified atom stereocenters. The molecule has 2 nitrogen and oxygen atoms in total. The van der Waals surface area contributed by atoms with Gasteiger partial charge in [-0.3, -0.25) is 0 Å². The van der Waals surface area contributed by atoms with Gasteiger partial charge < -0.3 is 5.32 Å². The van der Waals surface area contributed by atoms with E-state index in [1.165, 1.54) is 29.7 Å². The summed E-state index contributed by atoms with van der Waals surface area (Å²) >= 11 is 5.29. The monoisotopic (exact) mass is 332 g/mol. The van der Waals surface area contributed by atoms with Gasteiger partial charge in [0, 0.05) is 15.0 Å². The molecule has 1 N–H and O–H groups in total. The van der Waals surface area contributed by atoms with Crippen LogP contribution in [-0.4, -0.2) is 0 Å². The number of nitrogens with one attached hydrogen (secondary N) is 1. The van der Waals surface area contributed by atoms with Gasteiger partial charge in [0.2, 0.25) is 0 Å². The van der Waals surface area contributed by atoms with Crippen molar-refractivity contribution in [1.29, 1.82) is 5.26 Å². The Morgan fingerprint density at radius 3 is 3.05 bits per heavy atom. The van der Waals surface area contributed by atoms with E-state index in [1.54, 1.807) is 0 Å². The first-order valence-corrected chi connectivity index (χ1v) is 7.97. The summed E-state index contributed by atoms with van der Waals surface area (Å²) in [4.78, 5) is 1.51. The Balaban J connectivity index is 1.84. The summed E-state index contributed by atoms with van der Waals surface area (Å²) in [7, 11) is 0. The zero-order valence-electron chi connectivity index (χ0n) is 10.3. The SMILES string of the molecule is N#Cc1ccc(NC2CCCc3sccc32)cc1Br. The third-order valence-electron chi connectivity index (χ3n) is 3.48. The second-order valence-corrected chi connectivity index (χ2v) is 6.55. The molecule has 1 aliphatic carbocycles. The van der Waals surface area contributed by atoms with Crippen molar-refractivity contribution in [1.82, 2.24) is 0 Å². The summed E-state index contributed by atoms with van der Waals surface area (Å²) < 4.78 is 0.848. The van der Waals surface area contributed by atoms with E-state index in [2.05, 4.69) is 38.8 Å². The molecule has 3 rings (SSSR count). The first kappa shape index (κ1) is 12.7. The van der Waals surface area contributed by atoms with Crippen molar-refractivity contribution >= 4 is 33.0 Å². The minimum atomic E-state index is 0.398. The van der Waals surface area contributed by atoms with Gasteiger partial charge in [-0.1, -0.05) is 0 Å². The van der Waals surface area contributed by atoms with E-state index in [9.17, 15) is 0 Å². The largest absolute Gasteiger partial charge is 0.378 e. The summed E-state index contributed by atoms with van der Waals surface area (Å²) in [5.41, 5.74) is 3.18. The van der Waals surface area contributed by atoms with Crippen LogP contribution >= 0.6 is 27.3 Å². The number of hydrogen-bond donors (Lipinski definition) is 1. The van der Waals surface area contributed by atoms with Gasteiger partial charge in [0.25, 0.3) is 0 Å². The highest BCUT2D eigenvalue weighted by Gasteiger charge is 2.21. The van der Waals surface area contributed by atoms with E-state index in [4.69, 9.17) is 5.26 Å². The Kier molecular flexibility index (Phi) is 3.58. The van der Waals surface area contributed by atoms with Gasteiger partial charge in [0.1, 0.15) is 6.07 Å². The second-order valence-electron chi connectivity index (χ2n) is 4.69. The van der Waals surface area contributed by atoms with Crippen LogP contribution in [-0.2, 0) is 6.42 Å². The Morgan fingerprint density at radius 2 is 2.26 bits per heavy atom. The van der Waals surface area contributed by atoms with E-state index < -0.39 is 0 Å². The first-order chi connectivity index (χ1) is 9.28. The van der Waals surface area contributed by atoms with E-state index in [0.717, 1.165) is 10.2 Å². The third kappa shape index (κ3) is 2.54. The quantitative estimate of drug-likeness (QED) is 0.851. The molecule has 96 valence electrons. The highest BCUT2D eigenvalue weighted by molar-refractivity contribution is 9.10. The van der Waals surface area contributed by atoms with Crippen LogP contribution in [0, 0.1) is 11.3 Å². The van der Waals surface area contributed by atoms with Crippen molar-refractivity contribution in [2.45, 2.75) is 25.3 Å². The number of nitriles is 1. The summed E-state index contributed by atoms with van der Waals surface area (Å²) in [6, 6.07) is 10.6. The molecule has 0 fully saturated rings. The minimum absolute atomic E-state index is 0.398. The maximum Gasteiger partial charge on any atom is 0.100 e. The van der Waals surface area contributed by atoms with Gasteiger partial charge in [0.05, 0.1) is 11.6 Å². The predicted octanol–water partition coefficient (Wildman–Crippen LogP) is 4.87. The van der Waals surface area contributed by atoms with Crippen LogP contribution in [0.3, 0.4) is 0 Å². The lowest BCUT2D eigenvalue weighted by atomic mass is 9.94. The van der Waals surface area contributed by atoms with Crippen molar-refractivity contribution in [3.8, 4) is 6.07 Å². The van der Waals surface area contributed by atoms with Crippen molar-refractivity contribution < 1.29 is 0 Å². The molecule has 4 heteroatoms. The van der Waals surface area contributed by atoms with Crippen LogP contribution < -0.4 is 5.32 Å². The summed E-state index contributed by atoms with van der Waals surface area (Å²) in [6.07, 6.45) is 3.62. The van der Waals surface area contributed by atoms with Gasteiger partial charge in [-0.15, -0.1) is 11.3 Å². The third-order valence-corrected chi connectivity index (χ3v) is 5.13. The molecular weight excluding hydrogens is 320 g/mol. The number of thiophene rings is 1. The Hall–Kier alpha value is -1.31. The Morgan fingerprint density at radius 1 is 1.37 bits per heavy atom. The van der Waals surface area contributed by atoms with Gasteiger partial charge in [-0.2, -0.15) is 5.26 Å². The molecular formula is C15H13BrN2S. The minimum Gasteiger partial charge on any atom is -0.378 e. The molecule has 0 amide bonds. The fourth-order valence-electron chi connectivity index (χ4n) is 2.53. The number of benzene rings is 1. The highest BCUT2D eigenvalue weighted by Crippen LogP contribution is 2.36. The predicted molar refractivity (Wildman–Crippen MR) is 82.5 cm³/mol. The molecule has 1 aromatic heterocycles. The number of anilines is 1. The highest BCUT2D eigenvalue weighted by atomic mass is 79.9. The molecule has 0 aliphatic heterocycles. The van der Waals surface area contributed by atoms with E-state index >= 15 is 0 Å². The zero-order chi connectivity index (χ0) is 13.2. The summed E-state index contributed by atoms with van der Waals surface area (Å²) in [5, 5.41) is 14.7. The lowest BCUT2D eigenvalue weighted by Gasteiger charge is -2.24. The van der Waals surface area contributed by atoms with Crippen LogP contribution in [0.4, 0.5) is 5.69 Å². The van der Waals surface area contributed by atoms with Crippen molar-refractivity contribution in [2.24, 2.45) is 0 Å². The lowest BCUT2D eigenvalue weighted by Crippen LogP contribution is -2.15. The van der Waals surface area contributed by atoms with Crippen molar-refractivity contribution in [3.05, 3.63) is 50.1 Å². The van der Waals surface area contributed by atoms with Crippen LogP contribution in [0.15, 0.2) is 34.1 Å². The Labute approximate surface area is 125 Å². The molecule has 0 saturated carbocycles.